The number of rotatable bonds is 5. The third-order valence-electron chi connectivity index (χ3n) is 3.96. The van der Waals surface area contributed by atoms with Crippen LogP contribution in [0.4, 0.5) is 0 Å². The van der Waals surface area contributed by atoms with E-state index in [0.717, 1.165) is 6.61 Å². The summed E-state index contributed by atoms with van der Waals surface area (Å²) in [5.41, 5.74) is 9.14. The zero-order valence-corrected chi connectivity index (χ0v) is 12.6. The van der Waals surface area contributed by atoms with Crippen LogP contribution in [0.3, 0.4) is 0 Å². The number of nitrogens with two attached hydrogens (primary N) is 1. The van der Waals surface area contributed by atoms with Crippen molar-refractivity contribution in [2.24, 2.45) is 11.7 Å². The lowest BCUT2D eigenvalue weighted by molar-refractivity contribution is 0.0283. The molecule has 2 N–H and O–H groups in total. The van der Waals surface area contributed by atoms with E-state index >= 15 is 0 Å². The summed E-state index contributed by atoms with van der Waals surface area (Å²) in [6.45, 7) is 9.49. The van der Waals surface area contributed by atoms with Crippen LogP contribution in [-0.4, -0.2) is 12.7 Å². The Morgan fingerprint density at radius 3 is 2.21 bits per heavy atom. The Kier molecular flexibility index (Phi) is 4.32. The van der Waals surface area contributed by atoms with Gasteiger partial charge in [-0.05, 0) is 42.2 Å². The molecule has 2 nitrogen and oxygen atoms in total. The molecule has 0 bridgehead atoms. The minimum absolute atomic E-state index is 0.00136. The van der Waals surface area contributed by atoms with Crippen LogP contribution >= 0.6 is 0 Å². The molecule has 2 atom stereocenters. The molecule has 0 amide bonds. The predicted octanol–water partition coefficient (Wildman–Crippen LogP) is 3.80. The maximum Gasteiger partial charge on any atom is 0.0795 e. The second-order valence-corrected chi connectivity index (χ2v) is 6.66. The molecule has 0 heterocycles. The number of hydrogen-bond donors (Lipinski definition) is 1. The third kappa shape index (κ3) is 3.58. The van der Waals surface area contributed by atoms with Gasteiger partial charge in [0, 0.05) is 6.61 Å². The first kappa shape index (κ1) is 14.5. The van der Waals surface area contributed by atoms with Gasteiger partial charge in [0.2, 0.25) is 0 Å². The molecular weight excluding hydrogens is 234 g/mol. The van der Waals surface area contributed by atoms with E-state index in [1.807, 2.05) is 6.92 Å². The summed E-state index contributed by atoms with van der Waals surface area (Å²) >= 11 is 0. The highest BCUT2D eigenvalue weighted by atomic mass is 16.5. The van der Waals surface area contributed by atoms with Crippen LogP contribution in [0, 0.1) is 5.92 Å². The van der Waals surface area contributed by atoms with E-state index in [2.05, 4.69) is 45.0 Å². The maximum absolute atomic E-state index is 6.40. The van der Waals surface area contributed by atoms with E-state index in [4.69, 9.17) is 10.5 Å². The van der Waals surface area contributed by atoms with Crippen molar-refractivity contribution in [3.05, 3.63) is 35.4 Å². The average molecular weight is 261 g/mol. The van der Waals surface area contributed by atoms with Crippen molar-refractivity contribution in [3.8, 4) is 0 Å². The van der Waals surface area contributed by atoms with Crippen LogP contribution in [-0.2, 0) is 10.2 Å². The van der Waals surface area contributed by atoms with E-state index < -0.39 is 0 Å². The molecule has 0 saturated heterocycles. The van der Waals surface area contributed by atoms with E-state index in [9.17, 15) is 0 Å². The minimum Gasteiger partial charge on any atom is -0.376 e. The van der Waals surface area contributed by atoms with Gasteiger partial charge < -0.3 is 10.5 Å². The van der Waals surface area contributed by atoms with E-state index in [1.54, 1.807) is 0 Å². The fourth-order valence-electron chi connectivity index (χ4n) is 2.55. The van der Waals surface area contributed by atoms with Crippen molar-refractivity contribution >= 4 is 0 Å². The second-order valence-electron chi connectivity index (χ2n) is 6.66. The van der Waals surface area contributed by atoms with E-state index in [-0.39, 0.29) is 17.6 Å². The van der Waals surface area contributed by atoms with Crippen molar-refractivity contribution in [2.45, 2.75) is 58.1 Å². The van der Waals surface area contributed by atoms with Gasteiger partial charge in [-0.25, -0.2) is 0 Å². The zero-order valence-electron chi connectivity index (χ0n) is 12.6. The molecule has 1 aliphatic rings. The van der Waals surface area contributed by atoms with Gasteiger partial charge in [-0.15, -0.1) is 0 Å². The van der Waals surface area contributed by atoms with Gasteiger partial charge >= 0.3 is 0 Å². The van der Waals surface area contributed by atoms with Crippen molar-refractivity contribution < 1.29 is 4.74 Å². The van der Waals surface area contributed by atoms with Crippen molar-refractivity contribution in [1.82, 2.24) is 0 Å². The second kappa shape index (κ2) is 5.64. The van der Waals surface area contributed by atoms with Gasteiger partial charge in [0.15, 0.2) is 0 Å². The van der Waals surface area contributed by atoms with Crippen molar-refractivity contribution in [3.63, 3.8) is 0 Å². The Balaban J connectivity index is 2.12. The SMILES string of the molecule is CCOC(C1CC1)C(N)c1ccc(C(C)(C)C)cc1. The van der Waals surface area contributed by atoms with Crippen molar-refractivity contribution in [2.75, 3.05) is 6.61 Å². The first-order chi connectivity index (χ1) is 8.93. The minimum atomic E-state index is 0.00136. The molecule has 2 rings (SSSR count). The summed E-state index contributed by atoms with van der Waals surface area (Å²) < 4.78 is 5.85. The van der Waals surface area contributed by atoms with Gasteiger partial charge in [0.05, 0.1) is 12.1 Å². The lowest BCUT2D eigenvalue weighted by Crippen LogP contribution is -2.31. The van der Waals surface area contributed by atoms with Gasteiger partial charge in [-0.2, -0.15) is 0 Å². The fourth-order valence-corrected chi connectivity index (χ4v) is 2.55. The molecule has 2 heteroatoms. The van der Waals surface area contributed by atoms with Crippen LogP contribution in [0.2, 0.25) is 0 Å². The topological polar surface area (TPSA) is 35.2 Å². The molecule has 1 aromatic carbocycles. The highest BCUT2D eigenvalue weighted by molar-refractivity contribution is 5.29. The van der Waals surface area contributed by atoms with Crippen LogP contribution in [0.5, 0.6) is 0 Å². The smallest absolute Gasteiger partial charge is 0.0795 e. The Morgan fingerprint density at radius 1 is 1.21 bits per heavy atom. The van der Waals surface area contributed by atoms with E-state index in [0.29, 0.717) is 5.92 Å². The van der Waals surface area contributed by atoms with Gasteiger partial charge in [-0.3, -0.25) is 0 Å². The van der Waals surface area contributed by atoms with Crippen LogP contribution in [0.15, 0.2) is 24.3 Å². The first-order valence-electron chi connectivity index (χ1n) is 7.41. The lowest BCUT2D eigenvalue weighted by atomic mass is 9.86. The lowest BCUT2D eigenvalue weighted by Gasteiger charge is -2.25. The van der Waals surface area contributed by atoms with Gasteiger partial charge in [0.1, 0.15) is 0 Å². The molecule has 0 radical (unpaired) electrons. The predicted molar refractivity (Wildman–Crippen MR) is 80.2 cm³/mol. The largest absolute Gasteiger partial charge is 0.376 e. The number of benzene rings is 1. The highest BCUT2D eigenvalue weighted by Crippen LogP contribution is 2.39. The molecule has 2 unspecified atom stereocenters. The van der Waals surface area contributed by atoms with Gasteiger partial charge in [-0.1, -0.05) is 45.0 Å². The van der Waals surface area contributed by atoms with Crippen LogP contribution < -0.4 is 5.73 Å². The normalized spacial score (nSPS) is 19.2. The molecule has 1 aliphatic carbocycles. The third-order valence-corrected chi connectivity index (χ3v) is 3.96. The molecule has 19 heavy (non-hydrogen) atoms. The molecule has 0 aromatic heterocycles. The molecule has 1 fully saturated rings. The molecule has 106 valence electrons. The Bertz CT molecular complexity index is 400. The Morgan fingerprint density at radius 2 is 1.79 bits per heavy atom. The monoisotopic (exact) mass is 261 g/mol. The number of ether oxygens (including phenoxy) is 1. The van der Waals surface area contributed by atoms with E-state index in [1.165, 1.54) is 24.0 Å². The standard InChI is InChI=1S/C17H27NO/c1-5-19-16(13-6-7-13)15(18)12-8-10-14(11-9-12)17(2,3)4/h8-11,13,15-16H,5-7,18H2,1-4H3. The summed E-state index contributed by atoms with van der Waals surface area (Å²) in [6.07, 6.45) is 2.71. The number of hydrogen-bond acceptors (Lipinski definition) is 2. The average Bonchev–Trinajstić information content (AvgIpc) is 3.18. The summed E-state index contributed by atoms with van der Waals surface area (Å²) in [5, 5.41) is 0. The first-order valence-corrected chi connectivity index (χ1v) is 7.41. The molecule has 0 aliphatic heterocycles. The Labute approximate surface area is 117 Å². The summed E-state index contributed by atoms with van der Waals surface area (Å²) in [5.74, 6) is 0.664. The maximum atomic E-state index is 6.40. The van der Waals surface area contributed by atoms with Gasteiger partial charge in [0.25, 0.3) is 0 Å². The van der Waals surface area contributed by atoms with Crippen molar-refractivity contribution in [1.29, 1.82) is 0 Å². The van der Waals surface area contributed by atoms with Crippen LogP contribution in [0.1, 0.15) is 57.7 Å². The molecular formula is C17H27NO. The molecule has 1 aromatic rings. The fraction of sp³-hybridized carbons (Fsp3) is 0.647. The Hall–Kier alpha value is -0.860. The van der Waals surface area contributed by atoms with Crippen LogP contribution in [0.25, 0.3) is 0 Å². The molecule has 0 spiro atoms. The molecule has 1 saturated carbocycles. The summed E-state index contributed by atoms with van der Waals surface area (Å²) in [6, 6.07) is 8.73. The summed E-state index contributed by atoms with van der Waals surface area (Å²) in [7, 11) is 0. The quantitative estimate of drug-likeness (QED) is 0.875. The highest BCUT2D eigenvalue weighted by Gasteiger charge is 2.36. The zero-order chi connectivity index (χ0) is 14.0. The summed E-state index contributed by atoms with van der Waals surface area (Å²) in [4.78, 5) is 0.